The van der Waals surface area contributed by atoms with Crippen molar-refractivity contribution in [3.8, 4) is 0 Å². The van der Waals surface area contributed by atoms with Crippen LogP contribution in [0.2, 0.25) is 5.02 Å². The largest absolute Gasteiger partial charge is 0.224 e. The Hall–Kier alpha value is -1.58. The van der Waals surface area contributed by atoms with Gasteiger partial charge in [0.15, 0.2) is 9.84 Å². The lowest BCUT2D eigenvalue weighted by Gasteiger charge is -2.00. The maximum Gasteiger partial charge on any atom is 0.175 e. The molecule has 2 nitrogen and oxygen atoms in total. The number of benzene rings is 2. The van der Waals surface area contributed by atoms with Crippen LogP contribution in [0.4, 0.5) is 0 Å². The molecule has 2 aromatic carbocycles. The van der Waals surface area contributed by atoms with Gasteiger partial charge in [-0.25, -0.2) is 8.42 Å². The van der Waals surface area contributed by atoms with Crippen molar-refractivity contribution in [2.24, 2.45) is 0 Å². The fourth-order valence-corrected chi connectivity index (χ4v) is 2.54. The standard InChI is InChI=1S/C16H15ClO2S/c1-12-11-14(7-10-16(12)17)4-3-13-5-8-15(9-6-13)20(2,18)19/h3-11H,1-2H3/b4-3+. The first-order valence-corrected chi connectivity index (χ1v) is 8.37. The van der Waals surface area contributed by atoms with Gasteiger partial charge < -0.3 is 0 Å². The second-order valence-electron chi connectivity index (χ2n) is 4.68. The van der Waals surface area contributed by atoms with Gasteiger partial charge in [-0.05, 0) is 41.8 Å². The minimum atomic E-state index is -3.14. The molecular formula is C16H15ClO2S. The molecule has 0 N–H and O–H groups in total. The van der Waals surface area contributed by atoms with Crippen molar-refractivity contribution >= 4 is 33.6 Å². The van der Waals surface area contributed by atoms with E-state index in [4.69, 9.17) is 11.6 Å². The van der Waals surface area contributed by atoms with Gasteiger partial charge in [0, 0.05) is 11.3 Å². The molecule has 4 heteroatoms. The molecule has 0 heterocycles. The van der Waals surface area contributed by atoms with Gasteiger partial charge in [0.25, 0.3) is 0 Å². The maximum atomic E-state index is 11.4. The predicted octanol–water partition coefficient (Wildman–Crippen LogP) is 4.22. The number of sulfone groups is 1. The third kappa shape index (κ3) is 3.71. The third-order valence-corrected chi connectivity index (χ3v) is 4.51. The molecular weight excluding hydrogens is 292 g/mol. The van der Waals surface area contributed by atoms with Crippen LogP contribution in [0.5, 0.6) is 0 Å². The minimum Gasteiger partial charge on any atom is -0.224 e. The van der Waals surface area contributed by atoms with Crippen molar-refractivity contribution in [2.45, 2.75) is 11.8 Å². The highest BCUT2D eigenvalue weighted by Crippen LogP contribution is 2.18. The lowest BCUT2D eigenvalue weighted by Crippen LogP contribution is -1.95. The van der Waals surface area contributed by atoms with E-state index in [1.165, 1.54) is 6.26 Å². The summed E-state index contributed by atoms with van der Waals surface area (Å²) >= 11 is 5.98. The van der Waals surface area contributed by atoms with Crippen molar-refractivity contribution < 1.29 is 8.42 Å². The summed E-state index contributed by atoms with van der Waals surface area (Å²) in [5.74, 6) is 0. The molecule has 2 aromatic rings. The lowest BCUT2D eigenvalue weighted by atomic mass is 10.1. The molecule has 0 saturated carbocycles. The topological polar surface area (TPSA) is 34.1 Å². The Kier molecular flexibility index (Phi) is 4.31. The molecule has 0 spiro atoms. The summed E-state index contributed by atoms with van der Waals surface area (Å²) in [4.78, 5) is 0.331. The van der Waals surface area contributed by atoms with Crippen LogP contribution in [0, 0.1) is 6.92 Å². The Balaban J connectivity index is 2.21. The van der Waals surface area contributed by atoms with Crippen LogP contribution in [0.25, 0.3) is 12.2 Å². The molecule has 0 aliphatic rings. The summed E-state index contributed by atoms with van der Waals surface area (Å²) in [5, 5.41) is 0.750. The second-order valence-corrected chi connectivity index (χ2v) is 7.11. The second kappa shape index (κ2) is 5.81. The zero-order valence-corrected chi connectivity index (χ0v) is 12.9. The van der Waals surface area contributed by atoms with Gasteiger partial charge in [-0.1, -0.05) is 48.0 Å². The molecule has 0 aliphatic heterocycles. The van der Waals surface area contributed by atoms with E-state index in [0.29, 0.717) is 4.90 Å². The minimum absolute atomic E-state index is 0.331. The van der Waals surface area contributed by atoms with E-state index in [9.17, 15) is 8.42 Å². The summed E-state index contributed by atoms with van der Waals surface area (Å²) in [5.41, 5.74) is 3.03. The van der Waals surface area contributed by atoms with Gasteiger partial charge in [0.05, 0.1) is 4.90 Å². The van der Waals surface area contributed by atoms with Crippen LogP contribution in [-0.4, -0.2) is 14.7 Å². The number of hydrogen-bond donors (Lipinski definition) is 0. The maximum absolute atomic E-state index is 11.4. The smallest absolute Gasteiger partial charge is 0.175 e. The molecule has 0 bridgehead atoms. The highest BCUT2D eigenvalue weighted by Gasteiger charge is 2.05. The summed E-state index contributed by atoms with van der Waals surface area (Å²) in [6.07, 6.45) is 5.11. The monoisotopic (exact) mass is 306 g/mol. The van der Waals surface area contributed by atoms with Gasteiger partial charge in [-0.3, -0.25) is 0 Å². The average Bonchev–Trinajstić information content (AvgIpc) is 2.40. The van der Waals surface area contributed by atoms with Crippen LogP contribution in [-0.2, 0) is 9.84 Å². The number of aryl methyl sites for hydroxylation is 1. The fraction of sp³-hybridized carbons (Fsp3) is 0.125. The number of hydrogen-bond acceptors (Lipinski definition) is 2. The Morgan fingerprint density at radius 1 is 0.950 bits per heavy atom. The predicted molar refractivity (Wildman–Crippen MR) is 84.7 cm³/mol. The van der Waals surface area contributed by atoms with Crippen molar-refractivity contribution in [1.82, 2.24) is 0 Å². The van der Waals surface area contributed by atoms with Crippen molar-refractivity contribution in [3.63, 3.8) is 0 Å². The molecule has 0 saturated heterocycles. The van der Waals surface area contributed by atoms with Gasteiger partial charge in [0.1, 0.15) is 0 Å². The molecule has 0 radical (unpaired) electrons. The molecule has 0 fully saturated rings. The van der Waals surface area contributed by atoms with Crippen molar-refractivity contribution in [2.75, 3.05) is 6.26 Å². The zero-order valence-electron chi connectivity index (χ0n) is 11.3. The number of halogens is 1. The molecule has 20 heavy (non-hydrogen) atoms. The molecule has 0 atom stereocenters. The van der Waals surface area contributed by atoms with Crippen molar-refractivity contribution in [1.29, 1.82) is 0 Å². The SMILES string of the molecule is Cc1cc(/C=C/c2ccc(S(C)(=O)=O)cc2)ccc1Cl. The first-order valence-electron chi connectivity index (χ1n) is 6.10. The summed E-state index contributed by atoms with van der Waals surface area (Å²) in [6, 6.07) is 12.6. The fourth-order valence-electron chi connectivity index (χ4n) is 1.79. The molecule has 0 aliphatic carbocycles. The average molecular weight is 307 g/mol. The van der Waals surface area contributed by atoms with Crippen LogP contribution < -0.4 is 0 Å². The van der Waals surface area contributed by atoms with Crippen molar-refractivity contribution in [3.05, 3.63) is 64.2 Å². The van der Waals surface area contributed by atoms with Crippen LogP contribution in [0.1, 0.15) is 16.7 Å². The quantitative estimate of drug-likeness (QED) is 0.796. The summed E-state index contributed by atoms with van der Waals surface area (Å²) in [7, 11) is -3.14. The molecule has 2 rings (SSSR count). The van der Waals surface area contributed by atoms with E-state index >= 15 is 0 Å². The molecule has 0 unspecified atom stereocenters. The Labute approximate surface area is 124 Å². The Morgan fingerprint density at radius 2 is 1.50 bits per heavy atom. The van der Waals surface area contributed by atoms with Gasteiger partial charge in [-0.15, -0.1) is 0 Å². The van der Waals surface area contributed by atoms with Crippen LogP contribution >= 0.6 is 11.6 Å². The van der Waals surface area contributed by atoms with E-state index in [1.807, 2.05) is 37.3 Å². The normalized spacial score (nSPS) is 11.9. The van der Waals surface area contributed by atoms with Gasteiger partial charge in [0.2, 0.25) is 0 Å². The number of rotatable bonds is 3. The Morgan fingerprint density at radius 3 is 2.05 bits per heavy atom. The lowest BCUT2D eigenvalue weighted by molar-refractivity contribution is 0.602. The molecule has 104 valence electrons. The summed E-state index contributed by atoms with van der Waals surface area (Å²) < 4.78 is 22.7. The van der Waals surface area contributed by atoms with Crippen LogP contribution in [0.3, 0.4) is 0 Å². The van der Waals surface area contributed by atoms with Crippen LogP contribution in [0.15, 0.2) is 47.4 Å². The van der Waals surface area contributed by atoms with E-state index in [2.05, 4.69) is 0 Å². The highest BCUT2D eigenvalue weighted by molar-refractivity contribution is 7.90. The summed E-state index contributed by atoms with van der Waals surface area (Å²) in [6.45, 7) is 1.96. The Bertz CT molecular complexity index is 745. The molecule has 0 aromatic heterocycles. The third-order valence-electron chi connectivity index (χ3n) is 2.96. The van der Waals surface area contributed by atoms with E-state index in [-0.39, 0.29) is 0 Å². The van der Waals surface area contributed by atoms with E-state index in [1.54, 1.807) is 24.3 Å². The first kappa shape index (κ1) is 14.8. The molecule has 0 amide bonds. The van der Waals surface area contributed by atoms with Gasteiger partial charge >= 0.3 is 0 Å². The van der Waals surface area contributed by atoms with E-state index < -0.39 is 9.84 Å². The van der Waals surface area contributed by atoms with Gasteiger partial charge in [-0.2, -0.15) is 0 Å². The zero-order chi connectivity index (χ0) is 14.8. The highest BCUT2D eigenvalue weighted by atomic mass is 35.5. The first-order chi connectivity index (χ1) is 9.36. The van der Waals surface area contributed by atoms with E-state index in [0.717, 1.165) is 21.7 Å².